The van der Waals surface area contributed by atoms with Crippen molar-refractivity contribution in [2.24, 2.45) is 0 Å². The van der Waals surface area contributed by atoms with Gasteiger partial charge in [-0.05, 0) is 74.2 Å². The Morgan fingerprint density at radius 2 is 2.00 bits per heavy atom. The number of aryl methyl sites for hydroxylation is 2. The summed E-state index contributed by atoms with van der Waals surface area (Å²) >= 11 is 0. The number of hydrogen-bond donors (Lipinski definition) is 1. The highest BCUT2D eigenvalue weighted by atomic mass is 35.5. The summed E-state index contributed by atoms with van der Waals surface area (Å²) in [6, 6.07) is 13.0. The summed E-state index contributed by atoms with van der Waals surface area (Å²) in [5.41, 5.74) is 2.02. The van der Waals surface area contributed by atoms with Gasteiger partial charge in [0.2, 0.25) is 0 Å². The highest BCUT2D eigenvalue weighted by molar-refractivity contribution is 5.85. The van der Waals surface area contributed by atoms with Crippen molar-refractivity contribution in [1.82, 2.24) is 4.90 Å². The smallest absolute Gasteiger partial charge is 0.123 e. The van der Waals surface area contributed by atoms with Crippen molar-refractivity contribution in [3.05, 3.63) is 59.4 Å². The lowest BCUT2D eigenvalue weighted by Gasteiger charge is -2.19. The predicted octanol–water partition coefficient (Wildman–Crippen LogP) is 3.88. The quantitative estimate of drug-likeness (QED) is 0.718. The van der Waals surface area contributed by atoms with Crippen LogP contribution in [-0.2, 0) is 12.8 Å². The second-order valence-electron chi connectivity index (χ2n) is 7.22. The zero-order chi connectivity index (χ0) is 19.2. The largest absolute Gasteiger partial charge is 0.497 e. The van der Waals surface area contributed by atoms with E-state index in [9.17, 15) is 9.50 Å². The molecule has 0 aromatic heterocycles. The van der Waals surface area contributed by atoms with E-state index in [0.29, 0.717) is 25.6 Å². The molecule has 0 aliphatic carbocycles. The standard InChI is InChI=1S/C22H28FNO3.ClH/c1-24-15-20(25)14-19(24)10-11-27-22-9-8-18(23)13-17(22)7-6-16-4-3-5-21(12-16)26-2;/h3-5,8-9,12-13,19-20,25H,6-7,10-11,14-15H2,1-2H3;1H. The molecule has 1 aliphatic heterocycles. The minimum atomic E-state index is -0.248. The first-order valence-corrected chi connectivity index (χ1v) is 9.47. The van der Waals surface area contributed by atoms with Gasteiger partial charge in [0, 0.05) is 12.6 Å². The van der Waals surface area contributed by atoms with E-state index < -0.39 is 0 Å². The minimum Gasteiger partial charge on any atom is -0.497 e. The van der Waals surface area contributed by atoms with Crippen LogP contribution >= 0.6 is 12.4 Å². The molecule has 1 heterocycles. The number of β-amino-alcohol motifs (C(OH)–C–C–N with tert-alkyl or cyclic N) is 1. The lowest BCUT2D eigenvalue weighted by atomic mass is 10.0. The third-order valence-corrected chi connectivity index (χ3v) is 5.21. The van der Waals surface area contributed by atoms with E-state index in [2.05, 4.69) is 4.90 Å². The molecule has 154 valence electrons. The Bertz CT molecular complexity index is 758. The number of likely N-dealkylation sites (tertiary alicyclic amines) is 1. The fraction of sp³-hybridized carbons (Fsp3) is 0.455. The van der Waals surface area contributed by atoms with Gasteiger partial charge < -0.3 is 19.5 Å². The first-order valence-electron chi connectivity index (χ1n) is 9.47. The van der Waals surface area contributed by atoms with Crippen LogP contribution in [0.4, 0.5) is 4.39 Å². The van der Waals surface area contributed by atoms with Gasteiger partial charge in [-0.15, -0.1) is 12.4 Å². The number of hydrogen-bond acceptors (Lipinski definition) is 4. The summed E-state index contributed by atoms with van der Waals surface area (Å²) in [6.07, 6.45) is 2.87. The average molecular weight is 410 g/mol. The van der Waals surface area contributed by atoms with Gasteiger partial charge in [-0.1, -0.05) is 12.1 Å². The van der Waals surface area contributed by atoms with Gasteiger partial charge in [0.1, 0.15) is 17.3 Å². The van der Waals surface area contributed by atoms with Crippen LogP contribution in [0, 0.1) is 5.82 Å². The van der Waals surface area contributed by atoms with Gasteiger partial charge in [-0.25, -0.2) is 4.39 Å². The number of aliphatic hydroxyl groups is 1. The zero-order valence-corrected chi connectivity index (χ0v) is 17.3. The van der Waals surface area contributed by atoms with E-state index in [4.69, 9.17) is 9.47 Å². The molecular formula is C22H29ClFNO3. The molecule has 4 nitrogen and oxygen atoms in total. The molecule has 0 saturated carbocycles. The van der Waals surface area contributed by atoms with Gasteiger partial charge in [0.05, 0.1) is 19.8 Å². The van der Waals surface area contributed by atoms with Gasteiger partial charge in [-0.2, -0.15) is 0 Å². The number of benzene rings is 2. The molecule has 0 amide bonds. The molecule has 0 bridgehead atoms. The van der Waals surface area contributed by atoms with Crippen LogP contribution in [0.2, 0.25) is 0 Å². The molecule has 2 atom stereocenters. The molecule has 3 rings (SSSR count). The Morgan fingerprint density at radius 3 is 2.71 bits per heavy atom. The van der Waals surface area contributed by atoms with E-state index >= 15 is 0 Å². The molecule has 0 spiro atoms. The number of nitrogens with zero attached hydrogens (tertiary/aromatic N) is 1. The fourth-order valence-corrected chi connectivity index (χ4v) is 3.68. The maximum absolute atomic E-state index is 13.7. The number of ether oxygens (including phenoxy) is 2. The van der Waals surface area contributed by atoms with Crippen LogP contribution in [0.15, 0.2) is 42.5 Å². The van der Waals surface area contributed by atoms with Gasteiger partial charge >= 0.3 is 0 Å². The number of halogens is 2. The number of methoxy groups -OCH3 is 1. The summed E-state index contributed by atoms with van der Waals surface area (Å²) in [4.78, 5) is 2.17. The van der Waals surface area contributed by atoms with Crippen molar-refractivity contribution >= 4 is 12.4 Å². The molecular weight excluding hydrogens is 381 g/mol. The van der Waals surface area contributed by atoms with E-state index in [1.165, 1.54) is 6.07 Å². The molecule has 2 unspecified atom stereocenters. The second-order valence-corrected chi connectivity index (χ2v) is 7.22. The monoisotopic (exact) mass is 409 g/mol. The van der Waals surface area contributed by atoms with Crippen LogP contribution in [-0.4, -0.2) is 49.5 Å². The first-order chi connectivity index (χ1) is 13.0. The van der Waals surface area contributed by atoms with E-state index in [1.54, 1.807) is 19.2 Å². The molecule has 2 aromatic rings. The van der Waals surface area contributed by atoms with Crippen LogP contribution in [0.3, 0.4) is 0 Å². The van der Waals surface area contributed by atoms with Crippen molar-refractivity contribution in [1.29, 1.82) is 0 Å². The summed E-state index contributed by atoms with van der Waals surface area (Å²) in [5, 5.41) is 9.74. The van der Waals surface area contributed by atoms with E-state index in [1.807, 2.05) is 31.3 Å². The van der Waals surface area contributed by atoms with Crippen LogP contribution in [0.5, 0.6) is 11.5 Å². The van der Waals surface area contributed by atoms with Crippen molar-refractivity contribution in [2.45, 2.75) is 37.8 Å². The second kappa shape index (κ2) is 10.6. The molecule has 6 heteroatoms. The predicted molar refractivity (Wildman–Crippen MR) is 111 cm³/mol. The maximum atomic E-state index is 13.7. The van der Waals surface area contributed by atoms with Crippen LogP contribution < -0.4 is 9.47 Å². The summed E-state index contributed by atoms with van der Waals surface area (Å²) < 4.78 is 25.0. The highest BCUT2D eigenvalue weighted by Gasteiger charge is 2.27. The number of aliphatic hydroxyl groups excluding tert-OH is 1. The van der Waals surface area contributed by atoms with E-state index in [0.717, 1.165) is 41.9 Å². The SMILES string of the molecule is COc1cccc(CCc2cc(F)ccc2OCCC2CC(O)CN2C)c1.Cl. The van der Waals surface area contributed by atoms with E-state index in [-0.39, 0.29) is 24.3 Å². The summed E-state index contributed by atoms with van der Waals surface area (Å²) in [5.74, 6) is 1.31. The van der Waals surface area contributed by atoms with Crippen LogP contribution in [0.1, 0.15) is 24.0 Å². The lowest BCUT2D eigenvalue weighted by Crippen LogP contribution is -2.26. The van der Waals surface area contributed by atoms with Crippen molar-refractivity contribution in [3.63, 3.8) is 0 Å². The molecule has 1 N–H and O–H groups in total. The number of likely N-dealkylation sites (N-methyl/N-ethyl adjacent to an activating group) is 1. The topological polar surface area (TPSA) is 41.9 Å². The fourth-order valence-electron chi connectivity index (χ4n) is 3.68. The third-order valence-electron chi connectivity index (χ3n) is 5.21. The summed E-state index contributed by atoms with van der Waals surface area (Å²) in [7, 11) is 3.68. The average Bonchev–Trinajstić information content (AvgIpc) is 2.99. The normalized spacial score (nSPS) is 19.3. The first kappa shape index (κ1) is 22.5. The lowest BCUT2D eigenvalue weighted by molar-refractivity contribution is 0.182. The molecule has 1 saturated heterocycles. The Hall–Kier alpha value is -1.82. The third kappa shape index (κ3) is 6.09. The van der Waals surface area contributed by atoms with Crippen LogP contribution in [0.25, 0.3) is 0 Å². The molecule has 28 heavy (non-hydrogen) atoms. The van der Waals surface area contributed by atoms with Crippen molar-refractivity contribution < 1.29 is 19.0 Å². The Kier molecular flexibility index (Phi) is 8.55. The van der Waals surface area contributed by atoms with Gasteiger partial charge in [-0.3, -0.25) is 0 Å². The van der Waals surface area contributed by atoms with Crippen molar-refractivity contribution in [2.75, 3.05) is 27.3 Å². The Morgan fingerprint density at radius 1 is 1.18 bits per heavy atom. The Labute approximate surface area is 172 Å². The van der Waals surface area contributed by atoms with Gasteiger partial charge in [0.15, 0.2) is 0 Å². The van der Waals surface area contributed by atoms with Crippen molar-refractivity contribution in [3.8, 4) is 11.5 Å². The Balaban J connectivity index is 0.00000280. The van der Waals surface area contributed by atoms with Gasteiger partial charge in [0.25, 0.3) is 0 Å². The maximum Gasteiger partial charge on any atom is 0.123 e. The molecule has 2 aromatic carbocycles. The zero-order valence-electron chi connectivity index (χ0n) is 16.4. The minimum absolute atomic E-state index is 0. The molecule has 0 radical (unpaired) electrons. The highest BCUT2D eigenvalue weighted by Crippen LogP contribution is 2.24. The number of rotatable bonds is 8. The summed E-state index contributed by atoms with van der Waals surface area (Å²) in [6.45, 7) is 1.27. The molecule has 1 fully saturated rings. The molecule has 1 aliphatic rings.